The molecular formula is C10H10N2O3. The Kier molecular flexibility index (Phi) is 2.07. The molecule has 2 aromatic heterocycles. The Balaban J connectivity index is 2.87. The highest BCUT2D eigenvalue weighted by Crippen LogP contribution is 2.23. The van der Waals surface area contributed by atoms with Gasteiger partial charge in [-0.25, -0.2) is 4.98 Å². The number of hydrogen-bond donors (Lipinski definition) is 2. The van der Waals surface area contributed by atoms with Crippen molar-refractivity contribution in [2.75, 3.05) is 7.11 Å². The van der Waals surface area contributed by atoms with Crippen molar-refractivity contribution in [3.63, 3.8) is 0 Å². The van der Waals surface area contributed by atoms with E-state index >= 15 is 0 Å². The van der Waals surface area contributed by atoms with Crippen molar-refractivity contribution in [3.05, 3.63) is 28.2 Å². The number of aryl methyl sites for hydroxylation is 1. The third-order valence-electron chi connectivity index (χ3n) is 2.31. The Labute approximate surface area is 85.4 Å². The first-order valence-corrected chi connectivity index (χ1v) is 4.39. The summed E-state index contributed by atoms with van der Waals surface area (Å²) in [6.45, 7) is 1.67. The quantitative estimate of drug-likeness (QED) is 0.728. The van der Waals surface area contributed by atoms with Gasteiger partial charge < -0.3 is 14.8 Å². The first-order valence-electron chi connectivity index (χ1n) is 4.39. The molecule has 0 saturated heterocycles. The molecule has 0 saturated carbocycles. The summed E-state index contributed by atoms with van der Waals surface area (Å²) in [5, 5.41) is 10.2. The fourth-order valence-electron chi connectivity index (χ4n) is 1.44. The van der Waals surface area contributed by atoms with Crippen molar-refractivity contribution in [3.8, 4) is 11.6 Å². The second-order valence-corrected chi connectivity index (χ2v) is 3.20. The summed E-state index contributed by atoms with van der Waals surface area (Å²) >= 11 is 0. The van der Waals surface area contributed by atoms with Crippen molar-refractivity contribution in [2.45, 2.75) is 6.92 Å². The summed E-state index contributed by atoms with van der Waals surface area (Å²) in [6, 6.07) is 1.67. The minimum Gasteiger partial charge on any atom is -0.503 e. The van der Waals surface area contributed by atoms with Crippen LogP contribution in [0, 0.1) is 6.92 Å². The number of pyridine rings is 2. The topological polar surface area (TPSA) is 75.2 Å². The van der Waals surface area contributed by atoms with E-state index < -0.39 is 5.56 Å². The summed E-state index contributed by atoms with van der Waals surface area (Å²) in [4.78, 5) is 17.7. The van der Waals surface area contributed by atoms with E-state index in [1.54, 1.807) is 13.0 Å². The average molecular weight is 206 g/mol. The number of hydrogen-bond acceptors (Lipinski definition) is 4. The molecule has 0 aliphatic heterocycles. The first-order chi connectivity index (χ1) is 7.13. The highest BCUT2D eigenvalue weighted by Gasteiger charge is 2.08. The lowest BCUT2D eigenvalue weighted by molar-refractivity contribution is 0.398. The maximum absolute atomic E-state index is 11.2. The smallest absolute Gasteiger partial charge is 0.290 e. The molecule has 2 rings (SSSR count). The lowest BCUT2D eigenvalue weighted by atomic mass is 10.1. The summed E-state index contributed by atoms with van der Waals surface area (Å²) in [7, 11) is 1.51. The number of fused-ring (bicyclic) bond motifs is 1. The third kappa shape index (κ3) is 1.41. The molecule has 2 N–H and O–H groups in total. The van der Waals surface area contributed by atoms with Crippen LogP contribution in [0.5, 0.6) is 11.6 Å². The molecule has 0 unspecified atom stereocenters. The number of nitrogens with zero attached hydrogens (tertiary/aromatic N) is 1. The fraction of sp³-hybridized carbons (Fsp3) is 0.200. The predicted octanol–water partition coefficient (Wildman–Crippen LogP) is 0.946. The Morgan fingerprint density at radius 1 is 1.53 bits per heavy atom. The van der Waals surface area contributed by atoms with Crippen LogP contribution in [0.2, 0.25) is 0 Å². The average Bonchev–Trinajstić information content (AvgIpc) is 2.26. The molecule has 0 aliphatic rings. The Morgan fingerprint density at radius 3 is 2.93 bits per heavy atom. The van der Waals surface area contributed by atoms with E-state index in [2.05, 4.69) is 9.97 Å². The van der Waals surface area contributed by atoms with Gasteiger partial charge in [-0.1, -0.05) is 0 Å². The lowest BCUT2D eigenvalue weighted by Crippen LogP contribution is -2.07. The summed E-state index contributed by atoms with van der Waals surface area (Å²) in [5.41, 5.74) is 0.595. The molecule has 78 valence electrons. The number of ether oxygens (including phenoxy) is 1. The first kappa shape index (κ1) is 9.51. The molecule has 0 aromatic carbocycles. The van der Waals surface area contributed by atoms with Gasteiger partial charge in [0.1, 0.15) is 0 Å². The van der Waals surface area contributed by atoms with Crippen molar-refractivity contribution in [2.24, 2.45) is 0 Å². The Morgan fingerprint density at radius 2 is 2.27 bits per heavy atom. The molecular weight excluding hydrogens is 196 g/mol. The van der Waals surface area contributed by atoms with Gasteiger partial charge in [0.25, 0.3) is 5.56 Å². The minimum atomic E-state index is -0.507. The van der Waals surface area contributed by atoms with Crippen LogP contribution in [0.15, 0.2) is 17.1 Å². The zero-order valence-corrected chi connectivity index (χ0v) is 8.37. The Bertz CT molecular complexity index is 575. The molecule has 2 aromatic rings. The van der Waals surface area contributed by atoms with Crippen molar-refractivity contribution in [1.29, 1.82) is 0 Å². The second-order valence-electron chi connectivity index (χ2n) is 3.20. The number of nitrogens with one attached hydrogen (secondary N) is 1. The maximum Gasteiger partial charge on any atom is 0.290 e. The second kappa shape index (κ2) is 3.27. The van der Waals surface area contributed by atoms with Crippen LogP contribution in [-0.2, 0) is 0 Å². The summed E-state index contributed by atoms with van der Waals surface area (Å²) in [5.74, 6) is 0.174. The minimum absolute atomic E-state index is 0.268. The van der Waals surface area contributed by atoms with Crippen LogP contribution in [0.25, 0.3) is 10.9 Å². The normalized spacial score (nSPS) is 10.5. The van der Waals surface area contributed by atoms with Crippen LogP contribution < -0.4 is 10.3 Å². The maximum atomic E-state index is 11.2. The number of aromatic nitrogens is 2. The highest BCUT2D eigenvalue weighted by molar-refractivity contribution is 5.83. The van der Waals surface area contributed by atoms with Crippen LogP contribution in [0.1, 0.15) is 5.56 Å². The molecule has 0 amide bonds. The van der Waals surface area contributed by atoms with Gasteiger partial charge in [0.15, 0.2) is 5.75 Å². The SMILES string of the molecule is COc1cc2c(C)c(O)c(=O)[nH]c2cn1. The molecule has 2 heterocycles. The molecule has 0 aliphatic carbocycles. The van der Waals surface area contributed by atoms with Gasteiger partial charge in [-0.2, -0.15) is 0 Å². The van der Waals surface area contributed by atoms with E-state index in [-0.39, 0.29) is 5.75 Å². The van der Waals surface area contributed by atoms with E-state index in [1.807, 2.05) is 0 Å². The largest absolute Gasteiger partial charge is 0.503 e. The van der Waals surface area contributed by atoms with Crippen LogP contribution in [0.3, 0.4) is 0 Å². The van der Waals surface area contributed by atoms with Gasteiger partial charge in [0.2, 0.25) is 5.88 Å². The molecule has 5 nitrogen and oxygen atoms in total. The summed E-state index contributed by atoms with van der Waals surface area (Å²) < 4.78 is 4.96. The van der Waals surface area contributed by atoms with Gasteiger partial charge in [0, 0.05) is 17.0 Å². The van der Waals surface area contributed by atoms with E-state index in [0.29, 0.717) is 17.0 Å². The molecule has 0 spiro atoms. The molecule has 5 heteroatoms. The predicted molar refractivity (Wildman–Crippen MR) is 55.3 cm³/mol. The molecule has 0 radical (unpaired) electrons. The van der Waals surface area contributed by atoms with Gasteiger partial charge in [-0.3, -0.25) is 4.79 Å². The van der Waals surface area contributed by atoms with Crippen LogP contribution >= 0.6 is 0 Å². The lowest BCUT2D eigenvalue weighted by Gasteiger charge is -2.05. The standard InChI is InChI=1S/C10H10N2O3/c1-5-6-3-8(15-2)11-4-7(6)12-10(14)9(5)13/h3-4,13H,1-2H3,(H,12,14). The molecule has 0 bridgehead atoms. The number of aromatic hydroxyl groups is 1. The molecule has 0 fully saturated rings. The number of aromatic amines is 1. The van der Waals surface area contributed by atoms with E-state index in [4.69, 9.17) is 4.74 Å². The Hall–Kier alpha value is -2.04. The van der Waals surface area contributed by atoms with Crippen molar-refractivity contribution in [1.82, 2.24) is 9.97 Å². The zero-order valence-electron chi connectivity index (χ0n) is 8.37. The zero-order chi connectivity index (χ0) is 11.0. The van der Waals surface area contributed by atoms with E-state index in [0.717, 1.165) is 5.39 Å². The third-order valence-corrected chi connectivity index (χ3v) is 2.31. The van der Waals surface area contributed by atoms with E-state index in [1.165, 1.54) is 13.3 Å². The number of H-pyrrole nitrogens is 1. The van der Waals surface area contributed by atoms with Gasteiger partial charge in [-0.15, -0.1) is 0 Å². The number of rotatable bonds is 1. The van der Waals surface area contributed by atoms with Crippen LogP contribution in [0.4, 0.5) is 0 Å². The van der Waals surface area contributed by atoms with Crippen molar-refractivity contribution >= 4 is 10.9 Å². The monoisotopic (exact) mass is 206 g/mol. The van der Waals surface area contributed by atoms with Gasteiger partial charge in [0.05, 0.1) is 18.8 Å². The summed E-state index contributed by atoms with van der Waals surface area (Å²) in [6.07, 6.45) is 1.50. The van der Waals surface area contributed by atoms with Gasteiger partial charge >= 0.3 is 0 Å². The molecule has 15 heavy (non-hydrogen) atoms. The van der Waals surface area contributed by atoms with E-state index in [9.17, 15) is 9.90 Å². The fourth-order valence-corrected chi connectivity index (χ4v) is 1.44. The number of methoxy groups -OCH3 is 1. The van der Waals surface area contributed by atoms with Gasteiger partial charge in [-0.05, 0) is 6.92 Å². The van der Waals surface area contributed by atoms with Crippen molar-refractivity contribution < 1.29 is 9.84 Å². The molecule has 0 atom stereocenters. The highest BCUT2D eigenvalue weighted by atomic mass is 16.5. The van der Waals surface area contributed by atoms with Crippen LogP contribution in [-0.4, -0.2) is 22.2 Å².